The molecule has 0 spiro atoms. The molecule has 122 valence electrons. The fourth-order valence-corrected chi connectivity index (χ4v) is 3.86. The van der Waals surface area contributed by atoms with Crippen molar-refractivity contribution >= 4 is 0 Å². The van der Waals surface area contributed by atoms with E-state index in [2.05, 4.69) is 0 Å². The van der Waals surface area contributed by atoms with Gasteiger partial charge in [0.05, 0.1) is 25.4 Å². The van der Waals surface area contributed by atoms with E-state index in [1.165, 1.54) is 0 Å². The number of methoxy groups -OCH3 is 1. The van der Waals surface area contributed by atoms with Crippen molar-refractivity contribution in [3.63, 3.8) is 0 Å². The summed E-state index contributed by atoms with van der Waals surface area (Å²) in [5.41, 5.74) is -1.78. The van der Waals surface area contributed by atoms with Gasteiger partial charge in [0.25, 0.3) is 0 Å². The van der Waals surface area contributed by atoms with Crippen molar-refractivity contribution < 1.29 is 19.0 Å². The number of ether oxygens (including phenoxy) is 2. The van der Waals surface area contributed by atoms with Gasteiger partial charge in [0.2, 0.25) is 0 Å². The Labute approximate surface area is 131 Å². The third-order valence-electron chi connectivity index (χ3n) is 5.33. The summed E-state index contributed by atoms with van der Waals surface area (Å²) in [4.78, 5) is 0. The van der Waals surface area contributed by atoms with Gasteiger partial charge in [-0.25, -0.2) is 4.39 Å². The van der Waals surface area contributed by atoms with Crippen LogP contribution in [0.15, 0.2) is 24.3 Å². The van der Waals surface area contributed by atoms with Crippen molar-refractivity contribution in [3.8, 4) is 5.75 Å². The molecule has 2 atom stereocenters. The average molecular weight is 308 g/mol. The third kappa shape index (κ3) is 2.86. The van der Waals surface area contributed by atoms with Crippen LogP contribution < -0.4 is 4.74 Å². The largest absolute Gasteiger partial charge is 0.497 e. The van der Waals surface area contributed by atoms with Gasteiger partial charge in [-0.1, -0.05) is 31.4 Å². The lowest BCUT2D eigenvalue weighted by atomic mass is 9.69. The van der Waals surface area contributed by atoms with Crippen LogP contribution >= 0.6 is 0 Å². The molecule has 1 heterocycles. The normalized spacial score (nSPS) is 31.7. The van der Waals surface area contributed by atoms with Gasteiger partial charge < -0.3 is 14.6 Å². The Morgan fingerprint density at radius 3 is 2.45 bits per heavy atom. The molecule has 0 aromatic heterocycles. The van der Waals surface area contributed by atoms with Crippen molar-refractivity contribution in [2.45, 2.75) is 62.3 Å². The van der Waals surface area contributed by atoms with E-state index in [1.807, 2.05) is 24.3 Å². The predicted octanol–water partition coefficient (Wildman–Crippen LogP) is 3.95. The van der Waals surface area contributed by atoms with Gasteiger partial charge in [0.15, 0.2) is 0 Å². The van der Waals surface area contributed by atoms with Gasteiger partial charge in [-0.05, 0) is 30.5 Å². The monoisotopic (exact) mass is 308 g/mol. The van der Waals surface area contributed by atoms with E-state index in [4.69, 9.17) is 9.47 Å². The number of aliphatic hydroxyl groups is 1. The van der Waals surface area contributed by atoms with E-state index in [9.17, 15) is 5.11 Å². The molecule has 1 aliphatic carbocycles. The summed E-state index contributed by atoms with van der Waals surface area (Å²) in [6.07, 6.45) is 4.28. The van der Waals surface area contributed by atoms with Crippen LogP contribution in [-0.4, -0.2) is 30.1 Å². The molecule has 4 heteroatoms. The molecule has 0 amide bonds. The molecule has 3 nitrogen and oxygen atoms in total. The van der Waals surface area contributed by atoms with E-state index in [-0.39, 0.29) is 18.9 Å². The number of halogens is 1. The lowest BCUT2D eigenvalue weighted by Gasteiger charge is -2.47. The van der Waals surface area contributed by atoms with E-state index in [1.54, 1.807) is 7.11 Å². The molecule has 0 radical (unpaired) electrons. The highest BCUT2D eigenvalue weighted by Gasteiger charge is 2.53. The van der Waals surface area contributed by atoms with Crippen LogP contribution in [0.2, 0.25) is 0 Å². The fraction of sp³-hybridized carbons (Fsp3) is 0.667. The number of benzene rings is 1. The zero-order chi connectivity index (χ0) is 15.6. The van der Waals surface area contributed by atoms with E-state index < -0.39 is 11.3 Å². The van der Waals surface area contributed by atoms with Gasteiger partial charge in [0.1, 0.15) is 11.4 Å². The van der Waals surface area contributed by atoms with E-state index in [0.717, 1.165) is 30.6 Å². The topological polar surface area (TPSA) is 38.7 Å². The first-order valence-corrected chi connectivity index (χ1v) is 8.23. The SMILES string of the molecule is COc1ccc(C2CC(F)(C3(O)CCCCC3)CCO2)cc1. The molecule has 1 saturated carbocycles. The van der Waals surface area contributed by atoms with E-state index >= 15 is 4.39 Å². The Kier molecular flexibility index (Phi) is 4.42. The first kappa shape index (κ1) is 15.8. The van der Waals surface area contributed by atoms with Crippen LogP contribution in [0.3, 0.4) is 0 Å². The van der Waals surface area contributed by atoms with Crippen LogP contribution in [0.5, 0.6) is 5.75 Å². The lowest BCUT2D eigenvalue weighted by Crippen LogP contribution is -2.55. The minimum absolute atomic E-state index is 0.232. The second-order valence-electron chi connectivity index (χ2n) is 6.64. The van der Waals surface area contributed by atoms with Gasteiger partial charge in [-0.3, -0.25) is 0 Å². The summed E-state index contributed by atoms with van der Waals surface area (Å²) < 4.78 is 26.5. The minimum atomic E-state index is -1.55. The number of hydrogen-bond acceptors (Lipinski definition) is 3. The molecule has 22 heavy (non-hydrogen) atoms. The highest BCUT2D eigenvalue weighted by Crippen LogP contribution is 2.49. The van der Waals surface area contributed by atoms with Crippen LogP contribution in [0.1, 0.15) is 56.6 Å². The zero-order valence-corrected chi connectivity index (χ0v) is 13.2. The Balaban J connectivity index is 1.77. The summed E-state index contributed by atoms with van der Waals surface area (Å²) in [5.74, 6) is 0.775. The van der Waals surface area contributed by atoms with Gasteiger partial charge in [0, 0.05) is 12.8 Å². The molecular weight excluding hydrogens is 283 g/mol. The third-order valence-corrected chi connectivity index (χ3v) is 5.33. The molecule has 1 aromatic carbocycles. The maximum Gasteiger partial charge on any atom is 0.144 e. The second kappa shape index (κ2) is 6.17. The highest BCUT2D eigenvalue weighted by molar-refractivity contribution is 5.29. The van der Waals surface area contributed by atoms with Gasteiger partial charge in [-0.15, -0.1) is 0 Å². The quantitative estimate of drug-likeness (QED) is 0.919. The van der Waals surface area contributed by atoms with Crippen molar-refractivity contribution in [1.29, 1.82) is 0 Å². The Morgan fingerprint density at radius 1 is 1.14 bits per heavy atom. The predicted molar refractivity (Wildman–Crippen MR) is 82.8 cm³/mol. The standard InChI is InChI=1S/C18H25FO3/c1-21-15-7-5-14(6-8-15)16-13-17(19,11-12-22-16)18(20)9-3-2-4-10-18/h5-8,16,20H,2-4,9-13H2,1H3. The Morgan fingerprint density at radius 2 is 1.82 bits per heavy atom. The Hall–Kier alpha value is -1.13. The molecule has 3 rings (SSSR count). The molecular formula is C18H25FO3. The van der Waals surface area contributed by atoms with Crippen molar-refractivity contribution in [3.05, 3.63) is 29.8 Å². The summed E-state index contributed by atoms with van der Waals surface area (Å²) in [6.45, 7) is 0.357. The first-order chi connectivity index (χ1) is 10.6. The fourth-order valence-electron chi connectivity index (χ4n) is 3.86. The highest BCUT2D eigenvalue weighted by atomic mass is 19.1. The molecule has 2 unspecified atom stereocenters. The number of alkyl halides is 1. The smallest absolute Gasteiger partial charge is 0.144 e. The van der Waals surface area contributed by atoms with Crippen LogP contribution in [-0.2, 0) is 4.74 Å². The summed E-state index contributed by atoms with van der Waals surface area (Å²) >= 11 is 0. The average Bonchev–Trinajstić information content (AvgIpc) is 2.56. The van der Waals surface area contributed by atoms with Gasteiger partial charge >= 0.3 is 0 Å². The number of rotatable bonds is 3. The maximum absolute atomic E-state index is 15.6. The molecule has 1 aromatic rings. The summed E-state index contributed by atoms with van der Waals surface area (Å²) in [7, 11) is 1.62. The minimum Gasteiger partial charge on any atom is -0.497 e. The maximum atomic E-state index is 15.6. The van der Waals surface area contributed by atoms with Crippen LogP contribution in [0.4, 0.5) is 4.39 Å². The summed E-state index contributed by atoms with van der Waals surface area (Å²) in [6, 6.07) is 7.56. The Bertz CT molecular complexity index is 496. The molecule has 1 aliphatic heterocycles. The number of hydrogen-bond donors (Lipinski definition) is 1. The van der Waals surface area contributed by atoms with Crippen molar-refractivity contribution in [2.75, 3.05) is 13.7 Å². The zero-order valence-electron chi connectivity index (χ0n) is 13.2. The van der Waals surface area contributed by atoms with Crippen LogP contribution in [0.25, 0.3) is 0 Å². The first-order valence-electron chi connectivity index (χ1n) is 8.23. The molecule has 1 N–H and O–H groups in total. The van der Waals surface area contributed by atoms with Gasteiger partial charge in [-0.2, -0.15) is 0 Å². The molecule has 0 bridgehead atoms. The van der Waals surface area contributed by atoms with Crippen molar-refractivity contribution in [1.82, 2.24) is 0 Å². The lowest BCUT2D eigenvalue weighted by molar-refractivity contribution is -0.180. The second-order valence-corrected chi connectivity index (χ2v) is 6.64. The molecule has 1 saturated heterocycles. The van der Waals surface area contributed by atoms with Crippen LogP contribution in [0, 0.1) is 0 Å². The molecule has 2 fully saturated rings. The molecule has 2 aliphatic rings. The van der Waals surface area contributed by atoms with Crippen molar-refractivity contribution in [2.24, 2.45) is 0 Å². The van der Waals surface area contributed by atoms with E-state index in [0.29, 0.717) is 19.4 Å². The summed E-state index contributed by atoms with van der Waals surface area (Å²) in [5, 5.41) is 10.9.